The Morgan fingerprint density at radius 3 is 2.69 bits per heavy atom. The van der Waals surface area contributed by atoms with Crippen LogP contribution in [0.15, 0.2) is 0 Å². The summed E-state index contributed by atoms with van der Waals surface area (Å²) >= 11 is 0. The molecule has 2 unspecified atom stereocenters. The van der Waals surface area contributed by atoms with Crippen molar-refractivity contribution in [2.24, 2.45) is 5.73 Å². The van der Waals surface area contributed by atoms with Gasteiger partial charge >= 0.3 is 5.97 Å². The van der Waals surface area contributed by atoms with Gasteiger partial charge in [-0.3, -0.25) is 4.79 Å². The molecule has 1 aliphatic rings. The van der Waals surface area contributed by atoms with Crippen LogP contribution in [0.2, 0.25) is 0 Å². The average Bonchev–Trinajstić information content (AvgIpc) is 2.60. The van der Waals surface area contributed by atoms with Gasteiger partial charge in [-0.15, -0.1) is 0 Å². The van der Waals surface area contributed by atoms with Gasteiger partial charge in [0.2, 0.25) is 10.0 Å². The van der Waals surface area contributed by atoms with E-state index in [2.05, 4.69) is 9.46 Å². The molecule has 0 heterocycles. The predicted molar refractivity (Wildman–Crippen MR) is 59.2 cm³/mol. The molecule has 2 atom stereocenters. The van der Waals surface area contributed by atoms with E-state index in [9.17, 15) is 13.2 Å². The molecule has 1 fully saturated rings. The Bertz CT molecular complexity index is 341. The van der Waals surface area contributed by atoms with Crippen LogP contribution in [0.25, 0.3) is 0 Å². The van der Waals surface area contributed by atoms with E-state index in [1.54, 1.807) is 0 Å². The van der Waals surface area contributed by atoms with Crippen molar-refractivity contribution in [2.75, 3.05) is 12.9 Å². The largest absolute Gasteiger partial charge is 0.469 e. The molecule has 7 heteroatoms. The summed E-state index contributed by atoms with van der Waals surface area (Å²) < 4.78 is 30.1. The van der Waals surface area contributed by atoms with Crippen LogP contribution < -0.4 is 10.5 Å². The minimum absolute atomic E-state index is 0.118. The number of hydrogen-bond acceptors (Lipinski definition) is 5. The molecule has 0 aliphatic heterocycles. The Morgan fingerprint density at radius 2 is 2.19 bits per heavy atom. The van der Waals surface area contributed by atoms with E-state index in [0.717, 1.165) is 19.3 Å². The Kier molecular flexibility index (Phi) is 4.69. The summed E-state index contributed by atoms with van der Waals surface area (Å²) in [5, 5.41) is 0. The number of carbonyl (C=O) groups is 1. The zero-order chi connectivity index (χ0) is 12.2. The number of rotatable bonds is 5. The lowest BCUT2D eigenvalue weighted by molar-refractivity contribution is -0.140. The molecule has 0 spiro atoms. The van der Waals surface area contributed by atoms with Crippen molar-refractivity contribution in [3.63, 3.8) is 0 Å². The van der Waals surface area contributed by atoms with Crippen LogP contribution in [-0.2, 0) is 19.6 Å². The first-order valence-corrected chi connectivity index (χ1v) is 6.92. The van der Waals surface area contributed by atoms with Gasteiger partial charge in [0.05, 0.1) is 19.3 Å². The third-order valence-corrected chi connectivity index (χ3v) is 4.11. The monoisotopic (exact) mass is 250 g/mol. The fourth-order valence-electron chi connectivity index (χ4n) is 1.74. The lowest BCUT2D eigenvalue weighted by Gasteiger charge is -2.16. The van der Waals surface area contributed by atoms with Crippen LogP contribution >= 0.6 is 0 Å². The lowest BCUT2D eigenvalue weighted by Crippen LogP contribution is -2.44. The Morgan fingerprint density at radius 1 is 1.50 bits per heavy atom. The molecule has 0 aromatic carbocycles. The first kappa shape index (κ1) is 13.4. The third kappa shape index (κ3) is 4.07. The van der Waals surface area contributed by atoms with Crippen molar-refractivity contribution in [3.8, 4) is 0 Å². The predicted octanol–water partition coefficient (Wildman–Crippen LogP) is -0.651. The van der Waals surface area contributed by atoms with E-state index in [1.807, 2.05) is 0 Å². The van der Waals surface area contributed by atoms with Gasteiger partial charge in [0, 0.05) is 12.1 Å². The number of methoxy groups -OCH3 is 1. The highest BCUT2D eigenvalue weighted by atomic mass is 32.2. The molecule has 1 aliphatic carbocycles. The molecule has 94 valence electrons. The van der Waals surface area contributed by atoms with Crippen LogP contribution in [0.5, 0.6) is 0 Å². The van der Waals surface area contributed by atoms with Gasteiger partial charge in [-0.25, -0.2) is 13.1 Å². The molecule has 1 rings (SSSR count). The van der Waals surface area contributed by atoms with Gasteiger partial charge in [-0.1, -0.05) is 6.42 Å². The maximum absolute atomic E-state index is 11.6. The number of nitrogens with two attached hydrogens (primary N) is 1. The zero-order valence-corrected chi connectivity index (χ0v) is 10.1. The second kappa shape index (κ2) is 5.60. The summed E-state index contributed by atoms with van der Waals surface area (Å²) in [6.07, 6.45) is 2.40. The second-order valence-electron chi connectivity index (χ2n) is 3.96. The van der Waals surface area contributed by atoms with Crippen molar-refractivity contribution in [1.29, 1.82) is 0 Å². The van der Waals surface area contributed by atoms with Crippen LogP contribution in [-0.4, -0.2) is 39.3 Å². The van der Waals surface area contributed by atoms with Gasteiger partial charge in [0.15, 0.2) is 0 Å². The van der Waals surface area contributed by atoms with Crippen LogP contribution in [0, 0.1) is 0 Å². The van der Waals surface area contributed by atoms with Crippen LogP contribution in [0.4, 0.5) is 0 Å². The van der Waals surface area contributed by atoms with Crippen molar-refractivity contribution >= 4 is 16.0 Å². The SMILES string of the molecule is COC(=O)CCS(=O)(=O)NC1CCCC1N. The van der Waals surface area contributed by atoms with Gasteiger partial charge in [-0.05, 0) is 12.8 Å². The van der Waals surface area contributed by atoms with E-state index in [0.29, 0.717) is 0 Å². The van der Waals surface area contributed by atoms with Crippen LogP contribution in [0.1, 0.15) is 25.7 Å². The molecule has 0 aromatic rings. The van der Waals surface area contributed by atoms with Gasteiger partial charge in [0.25, 0.3) is 0 Å². The standard InChI is InChI=1S/C9H18N2O4S/c1-15-9(12)5-6-16(13,14)11-8-4-2-3-7(8)10/h7-8,11H,2-6,10H2,1H3. The molecular formula is C9H18N2O4S. The molecule has 6 nitrogen and oxygen atoms in total. The highest BCUT2D eigenvalue weighted by molar-refractivity contribution is 7.89. The van der Waals surface area contributed by atoms with Crippen molar-refractivity contribution in [3.05, 3.63) is 0 Å². The number of sulfonamides is 1. The van der Waals surface area contributed by atoms with Crippen molar-refractivity contribution in [1.82, 2.24) is 4.72 Å². The molecule has 0 bridgehead atoms. The molecule has 0 aromatic heterocycles. The van der Waals surface area contributed by atoms with Gasteiger partial charge < -0.3 is 10.5 Å². The number of ether oxygens (including phenoxy) is 1. The smallest absolute Gasteiger partial charge is 0.306 e. The normalized spacial score (nSPS) is 25.6. The Balaban J connectivity index is 2.42. The molecule has 0 amide bonds. The number of esters is 1. The first-order valence-electron chi connectivity index (χ1n) is 5.27. The quantitative estimate of drug-likeness (QED) is 0.632. The molecule has 1 saturated carbocycles. The van der Waals surface area contributed by atoms with E-state index in [1.165, 1.54) is 7.11 Å². The molecular weight excluding hydrogens is 232 g/mol. The Labute approximate surface area is 95.6 Å². The molecule has 0 saturated heterocycles. The fraction of sp³-hybridized carbons (Fsp3) is 0.889. The van der Waals surface area contributed by atoms with E-state index >= 15 is 0 Å². The summed E-state index contributed by atoms with van der Waals surface area (Å²) in [5.41, 5.74) is 5.75. The summed E-state index contributed by atoms with van der Waals surface area (Å²) in [6, 6.07) is -0.310. The molecule has 3 N–H and O–H groups in total. The summed E-state index contributed by atoms with van der Waals surface area (Å²) in [6.45, 7) is 0. The maximum Gasteiger partial charge on any atom is 0.306 e. The van der Waals surface area contributed by atoms with Crippen LogP contribution in [0.3, 0.4) is 0 Å². The van der Waals surface area contributed by atoms with E-state index in [4.69, 9.17) is 5.73 Å². The third-order valence-electron chi connectivity index (χ3n) is 2.70. The highest BCUT2D eigenvalue weighted by Crippen LogP contribution is 2.17. The maximum atomic E-state index is 11.6. The van der Waals surface area contributed by atoms with Crippen molar-refractivity contribution in [2.45, 2.75) is 37.8 Å². The topological polar surface area (TPSA) is 98.5 Å². The van der Waals surface area contributed by atoms with Crippen molar-refractivity contribution < 1.29 is 17.9 Å². The summed E-state index contributed by atoms with van der Waals surface area (Å²) in [7, 11) is -2.20. The Hall–Kier alpha value is -0.660. The minimum Gasteiger partial charge on any atom is -0.469 e. The fourth-order valence-corrected chi connectivity index (χ4v) is 3.05. The summed E-state index contributed by atoms with van der Waals surface area (Å²) in [4.78, 5) is 10.8. The minimum atomic E-state index is -3.43. The van der Waals surface area contributed by atoms with Gasteiger partial charge in [0.1, 0.15) is 0 Å². The van der Waals surface area contributed by atoms with Gasteiger partial charge in [-0.2, -0.15) is 0 Å². The summed E-state index contributed by atoms with van der Waals surface area (Å²) in [5.74, 6) is -0.774. The van der Waals surface area contributed by atoms with E-state index in [-0.39, 0.29) is 24.3 Å². The number of nitrogens with one attached hydrogen (secondary N) is 1. The number of carbonyl (C=O) groups excluding carboxylic acids is 1. The second-order valence-corrected chi connectivity index (χ2v) is 5.84. The lowest BCUT2D eigenvalue weighted by atomic mass is 10.2. The molecule has 0 radical (unpaired) electrons. The van der Waals surface area contributed by atoms with E-state index < -0.39 is 16.0 Å². The molecule has 16 heavy (non-hydrogen) atoms. The number of hydrogen-bond donors (Lipinski definition) is 2. The average molecular weight is 250 g/mol. The zero-order valence-electron chi connectivity index (χ0n) is 9.31. The first-order chi connectivity index (χ1) is 7.44. The highest BCUT2D eigenvalue weighted by Gasteiger charge is 2.28.